The number of anilines is 1. The van der Waals surface area contributed by atoms with Crippen molar-refractivity contribution in [2.45, 2.75) is 6.18 Å². The van der Waals surface area contributed by atoms with Gasteiger partial charge in [-0.1, -0.05) is 12.1 Å². The van der Waals surface area contributed by atoms with Gasteiger partial charge in [-0.3, -0.25) is 0 Å². The molecule has 0 aromatic heterocycles. The maximum atomic E-state index is 12.0. The summed E-state index contributed by atoms with van der Waals surface area (Å²) < 4.78 is 40.1. The van der Waals surface area contributed by atoms with E-state index in [1.165, 1.54) is 19.2 Å². The highest BCUT2D eigenvalue weighted by Gasteiger charge is 2.41. The maximum Gasteiger partial charge on any atom is 0.491 e. The highest BCUT2D eigenvalue weighted by molar-refractivity contribution is 5.91. The van der Waals surface area contributed by atoms with E-state index in [-0.39, 0.29) is 5.69 Å². The van der Waals surface area contributed by atoms with Gasteiger partial charge in [-0.05, 0) is 6.07 Å². The quantitative estimate of drug-likeness (QED) is 0.629. The minimum absolute atomic E-state index is 0.172. The van der Waals surface area contributed by atoms with Crippen molar-refractivity contribution >= 4 is 17.7 Å². The normalized spacial score (nSPS) is 10.7. The molecule has 18 heavy (non-hydrogen) atoms. The van der Waals surface area contributed by atoms with Crippen LogP contribution in [0.4, 0.5) is 23.7 Å². The Labute approximate surface area is 99.9 Å². The van der Waals surface area contributed by atoms with Crippen LogP contribution < -0.4 is 15.4 Å². The van der Waals surface area contributed by atoms with Crippen molar-refractivity contribution < 1.29 is 27.5 Å². The summed E-state index contributed by atoms with van der Waals surface area (Å²) in [6.07, 6.45) is -5.11. The predicted molar refractivity (Wildman–Crippen MR) is 55.0 cm³/mol. The van der Waals surface area contributed by atoms with E-state index in [4.69, 9.17) is 0 Å². The number of amides is 2. The number of hydrogen-bond acceptors (Lipinski definition) is 3. The Morgan fingerprint density at radius 3 is 2.61 bits per heavy atom. The first kappa shape index (κ1) is 13.8. The number of carbonyl (C=O) groups excluding carboxylic acids is 2. The van der Waals surface area contributed by atoms with Crippen molar-refractivity contribution in [3.8, 4) is 5.75 Å². The molecule has 0 spiro atoms. The molecule has 0 aliphatic rings. The van der Waals surface area contributed by atoms with Gasteiger partial charge in [0.15, 0.2) is 5.75 Å². The Hall–Kier alpha value is -2.25. The number of nitrogens with one attached hydrogen (secondary N) is 2. The number of para-hydroxylation sites is 1. The van der Waals surface area contributed by atoms with E-state index >= 15 is 0 Å². The lowest BCUT2D eigenvalue weighted by Gasteiger charge is -2.11. The largest absolute Gasteiger partial charge is 0.491 e. The Kier molecular flexibility index (Phi) is 4.13. The van der Waals surface area contributed by atoms with Gasteiger partial charge in [0.05, 0.1) is 5.69 Å². The SMILES string of the molecule is CNC(=O)Nc1[c]cccc1OC(=O)C(F)(F)F. The fraction of sp³-hybridized carbons (Fsp3) is 0.200. The summed E-state index contributed by atoms with van der Waals surface area (Å²) in [5, 5.41) is 4.36. The van der Waals surface area contributed by atoms with Gasteiger partial charge in [-0.2, -0.15) is 13.2 Å². The van der Waals surface area contributed by atoms with Crippen LogP contribution in [0.5, 0.6) is 5.75 Å². The van der Waals surface area contributed by atoms with Crippen LogP contribution in [0.3, 0.4) is 0 Å². The van der Waals surface area contributed by atoms with E-state index < -0.39 is 23.9 Å². The van der Waals surface area contributed by atoms with E-state index in [9.17, 15) is 22.8 Å². The topological polar surface area (TPSA) is 67.4 Å². The molecule has 0 aliphatic heterocycles. The summed E-state index contributed by atoms with van der Waals surface area (Å²) in [6, 6.07) is 5.52. The first-order valence-corrected chi connectivity index (χ1v) is 4.63. The molecule has 2 amide bonds. The molecule has 97 valence electrons. The molecule has 2 N–H and O–H groups in total. The molecule has 1 rings (SSSR count). The molecule has 8 heteroatoms. The summed E-state index contributed by atoms with van der Waals surface area (Å²) in [7, 11) is 1.32. The second-order valence-corrected chi connectivity index (χ2v) is 3.00. The number of alkyl halides is 3. The lowest BCUT2D eigenvalue weighted by Crippen LogP contribution is -2.29. The minimum atomic E-state index is -5.11. The molecule has 0 bridgehead atoms. The summed E-state index contributed by atoms with van der Waals surface area (Å²) in [6.45, 7) is 0. The number of ether oxygens (including phenoxy) is 1. The smallest absolute Gasteiger partial charge is 0.418 e. The molecule has 0 aliphatic carbocycles. The molecule has 1 aromatic rings. The number of hydrogen-bond donors (Lipinski definition) is 2. The van der Waals surface area contributed by atoms with Crippen LogP contribution in [0.1, 0.15) is 0 Å². The molecular formula is C10H8F3N2O3. The van der Waals surface area contributed by atoms with E-state index in [1.54, 1.807) is 0 Å². The summed E-state index contributed by atoms with van der Waals surface area (Å²) in [5.74, 6) is -2.81. The summed E-state index contributed by atoms with van der Waals surface area (Å²) in [5.41, 5.74) is -0.172. The van der Waals surface area contributed by atoms with Crippen molar-refractivity contribution in [3.63, 3.8) is 0 Å². The number of halogens is 3. The lowest BCUT2D eigenvalue weighted by atomic mass is 10.3. The molecule has 5 nitrogen and oxygen atoms in total. The molecule has 0 unspecified atom stereocenters. The average molecular weight is 261 g/mol. The van der Waals surface area contributed by atoms with Crippen LogP contribution in [0, 0.1) is 6.07 Å². The molecule has 1 aromatic carbocycles. The molecule has 0 saturated carbocycles. The van der Waals surface area contributed by atoms with E-state index in [2.05, 4.69) is 21.4 Å². The monoisotopic (exact) mass is 261 g/mol. The Bertz CT molecular complexity index is 460. The third-order valence-electron chi connectivity index (χ3n) is 1.72. The maximum absolute atomic E-state index is 12.0. The van der Waals surface area contributed by atoms with Crippen LogP contribution >= 0.6 is 0 Å². The summed E-state index contributed by atoms with van der Waals surface area (Å²) in [4.78, 5) is 21.7. The lowest BCUT2D eigenvalue weighted by molar-refractivity contribution is -0.189. The van der Waals surface area contributed by atoms with Crippen LogP contribution in [0.25, 0.3) is 0 Å². The fourth-order valence-corrected chi connectivity index (χ4v) is 0.938. The van der Waals surface area contributed by atoms with E-state index in [1.807, 2.05) is 0 Å². The van der Waals surface area contributed by atoms with Gasteiger partial charge in [0, 0.05) is 13.1 Å². The first-order chi connectivity index (χ1) is 8.34. The number of carbonyl (C=O) groups is 2. The van der Waals surface area contributed by atoms with Crippen LogP contribution in [0.2, 0.25) is 0 Å². The van der Waals surface area contributed by atoms with Crippen molar-refractivity contribution in [2.75, 3.05) is 12.4 Å². The zero-order chi connectivity index (χ0) is 13.8. The van der Waals surface area contributed by atoms with Crippen LogP contribution in [-0.2, 0) is 4.79 Å². The number of benzene rings is 1. The fourth-order valence-electron chi connectivity index (χ4n) is 0.938. The number of urea groups is 1. The standard InChI is InChI=1S/C10H8F3N2O3/c1-14-9(17)15-6-4-2-3-5-7(6)18-8(16)10(11,12)13/h2-3,5H,1H3,(H2,14,15,17). The van der Waals surface area contributed by atoms with Crippen LogP contribution in [0.15, 0.2) is 18.2 Å². The van der Waals surface area contributed by atoms with Gasteiger partial charge in [-0.25, -0.2) is 9.59 Å². The highest BCUT2D eigenvalue weighted by atomic mass is 19.4. The van der Waals surface area contributed by atoms with Crippen molar-refractivity contribution in [1.82, 2.24) is 5.32 Å². The molecule has 0 atom stereocenters. The van der Waals surface area contributed by atoms with Crippen molar-refractivity contribution in [3.05, 3.63) is 24.3 Å². The summed E-state index contributed by atoms with van der Waals surface area (Å²) >= 11 is 0. The van der Waals surface area contributed by atoms with Gasteiger partial charge in [0.2, 0.25) is 0 Å². The van der Waals surface area contributed by atoms with Gasteiger partial charge >= 0.3 is 18.2 Å². The zero-order valence-electron chi connectivity index (χ0n) is 9.09. The number of rotatable bonds is 2. The zero-order valence-corrected chi connectivity index (χ0v) is 9.09. The molecule has 0 saturated heterocycles. The molecular weight excluding hydrogens is 253 g/mol. The Morgan fingerprint density at radius 1 is 1.39 bits per heavy atom. The van der Waals surface area contributed by atoms with Gasteiger partial charge in [0.1, 0.15) is 0 Å². The van der Waals surface area contributed by atoms with Gasteiger partial charge in [-0.15, -0.1) is 0 Å². The van der Waals surface area contributed by atoms with Crippen molar-refractivity contribution in [2.24, 2.45) is 0 Å². The molecule has 0 fully saturated rings. The first-order valence-electron chi connectivity index (χ1n) is 4.63. The Morgan fingerprint density at radius 2 is 2.06 bits per heavy atom. The van der Waals surface area contributed by atoms with Gasteiger partial charge < -0.3 is 15.4 Å². The average Bonchev–Trinajstić information content (AvgIpc) is 2.30. The Balaban J connectivity index is 2.89. The number of esters is 1. The third kappa shape index (κ3) is 3.65. The van der Waals surface area contributed by atoms with E-state index in [0.29, 0.717) is 0 Å². The predicted octanol–water partition coefficient (Wildman–Crippen LogP) is 1.71. The van der Waals surface area contributed by atoms with Crippen molar-refractivity contribution in [1.29, 1.82) is 0 Å². The molecule has 0 heterocycles. The minimum Gasteiger partial charge on any atom is -0.418 e. The second-order valence-electron chi connectivity index (χ2n) is 3.00. The van der Waals surface area contributed by atoms with E-state index in [0.717, 1.165) is 6.07 Å². The second kappa shape index (κ2) is 5.39. The van der Waals surface area contributed by atoms with Crippen LogP contribution in [-0.4, -0.2) is 25.2 Å². The highest BCUT2D eigenvalue weighted by Crippen LogP contribution is 2.26. The molecule has 1 radical (unpaired) electrons. The third-order valence-corrected chi connectivity index (χ3v) is 1.72. The van der Waals surface area contributed by atoms with Gasteiger partial charge in [0.25, 0.3) is 0 Å².